The maximum absolute atomic E-state index is 14.8. The summed E-state index contributed by atoms with van der Waals surface area (Å²) in [5, 5.41) is 0. The Morgan fingerprint density at radius 1 is 0.895 bits per heavy atom. The first-order valence-electron chi connectivity index (χ1n) is 12.4. The minimum absolute atomic E-state index is 0.0168. The van der Waals surface area contributed by atoms with Gasteiger partial charge in [-0.3, -0.25) is 4.98 Å². The molecule has 0 amide bonds. The summed E-state index contributed by atoms with van der Waals surface area (Å²) < 4.78 is 118. The van der Waals surface area contributed by atoms with Crippen molar-refractivity contribution in [2.45, 2.75) is 81.9 Å². The molecule has 2 aliphatic rings. The van der Waals surface area contributed by atoms with E-state index in [0.29, 0.717) is 6.42 Å². The van der Waals surface area contributed by atoms with Crippen LogP contribution in [-0.4, -0.2) is 48.7 Å². The van der Waals surface area contributed by atoms with Crippen LogP contribution in [0.4, 0.5) is 30.7 Å². The van der Waals surface area contributed by atoms with Gasteiger partial charge in [0.05, 0.1) is 19.3 Å². The summed E-state index contributed by atoms with van der Waals surface area (Å²) in [5.74, 6) is -6.30. The number of aryl methyl sites for hydroxylation is 1. The average molecular weight is 551 g/mol. The molecule has 1 aromatic carbocycles. The summed E-state index contributed by atoms with van der Waals surface area (Å²) in [7, 11) is 0. The van der Waals surface area contributed by atoms with Crippen LogP contribution < -0.4 is 4.74 Å². The number of ether oxygens (including phenoxy) is 4. The molecule has 210 valence electrons. The SMILES string of the molecule is CCCc1ccc(C2CCC(C(F)(F)OC3CCC(C(F)(F)Oc4cc(F)c(F)c(F)c4)OC3)OC2)nc1. The lowest BCUT2D eigenvalue weighted by Crippen LogP contribution is -2.49. The maximum Gasteiger partial charge on any atom is 0.424 e. The van der Waals surface area contributed by atoms with Gasteiger partial charge in [-0.25, -0.2) is 13.2 Å². The van der Waals surface area contributed by atoms with Gasteiger partial charge in [-0.2, -0.15) is 17.6 Å². The third-order valence-corrected chi connectivity index (χ3v) is 6.60. The molecular weight excluding hydrogens is 523 g/mol. The first kappa shape index (κ1) is 28.6. The molecule has 4 atom stereocenters. The zero-order chi connectivity index (χ0) is 27.5. The Morgan fingerprint density at radius 3 is 2.11 bits per heavy atom. The van der Waals surface area contributed by atoms with Crippen LogP contribution in [0.5, 0.6) is 5.75 Å². The molecule has 12 heteroatoms. The van der Waals surface area contributed by atoms with Crippen molar-refractivity contribution < 1.29 is 49.7 Å². The molecule has 0 bridgehead atoms. The molecule has 38 heavy (non-hydrogen) atoms. The van der Waals surface area contributed by atoms with Crippen molar-refractivity contribution in [3.8, 4) is 5.75 Å². The molecule has 0 radical (unpaired) electrons. The van der Waals surface area contributed by atoms with E-state index >= 15 is 0 Å². The van der Waals surface area contributed by atoms with Crippen molar-refractivity contribution in [1.82, 2.24) is 4.98 Å². The van der Waals surface area contributed by atoms with Crippen LogP contribution in [0.2, 0.25) is 0 Å². The normalized spacial score (nSPS) is 24.8. The minimum Gasteiger partial charge on any atom is -0.430 e. The Hall–Kier alpha value is -2.44. The Balaban J connectivity index is 1.26. The lowest BCUT2D eigenvalue weighted by molar-refractivity contribution is -0.340. The number of rotatable bonds is 9. The van der Waals surface area contributed by atoms with Crippen molar-refractivity contribution in [1.29, 1.82) is 0 Å². The first-order chi connectivity index (χ1) is 18.0. The Bertz CT molecular complexity index is 1050. The van der Waals surface area contributed by atoms with E-state index in [4.69, 9.17) is 14.2 Å². The summed E-state index contributed by atoms with van der Waals surface area (Å²) in [6, 6.07) is 4.39. The number of alkyl halides is 4. The summed E-state index contributed by atoms with van der Waals surface area (Å²) in [4.78, 5) is 4.43. The highest BCUT2D eigenvalue weighted by molar-refractivity contribution is 5.25. The van der Waals surface area contributed by atoms with Gasteiger partial charge < -0.3 is 18.9 Å². The average Bonchev–Trinajstić information content (AvgIpc) is 2.88. The van der Waals surface area contributed by atoms with Gasteiger partial charge in [-0.1, -0.05) is 19.4 Å². The van der Waals surface area contributed by atoms with Gasteiger partial charge in [0, 0.05) is 29.9 Å². The molecule has 0 spiro atoms. The van der Waals surface area contributed by atoms with Crippen LogP contribution in [0.25, 0.3) is 0 Å². The third kappa shape index (κ3) is 6.76. The Kier molecular flexibility index (Phi) is 8.83. The molecule has 2 aliphatic heterocycles. The van der Waals surface area contributed by atoms with Gasteiger partial charge in [0.2, 0.25) is 0 Å². The van der Waals surface area contributed by atoms with Crippen molar-refractivity contribution in [3.63, 3.8) is 0 Å². The molecule has 5 nitrogen and oxygen atoms in total. The molecule has 1 aromatic heterocycles. The number of benzene rings is 1. The Labute approximate surface area is 215 Å². The lowest BCUT2D eigenvalue weighted by atomic mass is 9.94. The van der Waals surface area contributed by atoms with E-state index in [1.165, 1.54) is 0 Å². The maximum atomic E-state index is 14.8. The second-order valence-corrected chi connectivity index (χ2v) is 9.50. The second kappa shape index (κ2) is 11.7. The van der Waals surface area contributed by atoms with Gasteiger partial charge in [0.1, 0.15) is 11.9 Å². The highest BCUT2D eigenvalue weighted by Gasteiger charge is 2.50. The smallest absolute Gasteiger partial charge is 0.424 e. The summed E-state index contributed by atoms with van der Waals surface area (Å²) >= 11 is 0. The molecular formula is C26H28F7NO4. The van der Waals surface area contributed by atoms with E-state index in [-0.39, 0.29) is 37.5 Å². The molecule has 2 saturated heterocycles. The second-order valence-electron chi connectivity index (χ2n) is 9.50. The minimum atomic E-state index is -4.06. The summed E-state index contributed by atoms with van der Waals surface area (Å²) in [6.07, 6.45) is -8.86. The van der Waals surface area contributed by atoms with Gasteiger partial charge >= 0.3 is 12.2 Å². The molecule has 4 rings (SSSR count). The van der Waals surface area contributed by atoms with E-state index in [1.54, 1.807) is 6.20 Å². The van der Waals surface area contributed by atoms with Crippen LogP contribution >= 0.6 is 0 Å². The van der Waals surface area contributed by atoms with E-state index in [9.17, 15) is 30.7 Å². The van der Waals surface area contributed by atoms with Gasteiger partial charge in [0.25, 0.3) is 0 Å². The monoisotopic (exact) mass is 551 g/mol. The summed E-state index contributed by atoms with van der Waals surface area (Å²) in [5.41, 5.74) is 1.87. The molecule has 0 N–H and O–H groups in total. The molecule has 4 unspecified atom stereocenters. The van der Waals surface area contributed by atoms with Gasteiger partial charge in [0.15, 0.2) is 23.6 Å². The molecule has 2 fully saturated rings. The van der Waals surface area contributed by atoms with Gasteiger partial charge in [-0.15, -0.1) is 0 Å². The van der Waals surface area contributed by atoms with E-state index in [1.807, 2.05) is 12.1 Å². The topological polar surface area (TPSA) is 49.8 Å². The number of hydrogen-bond acceptors (Lipinski definition) is 5. The highest BCUT2D eigenvalue weighted by atomic mass is 19.3. The fourth-order valence-corrected chi connectivity index (χ4v) is 4.56. The summed E-state index contributed by atoms with van der Waals surface area (Å²) in [6.45, 7) is 1.52. The van der Waals surface area contributed by atoms with Crippen LogP contribution in [0.3, 0.4) is 0 Å². The van der Waals surface area contributed by atoms with E-state index in [0.717, 1.165) is 24.1 Å². The largest absolute Gasteiger partial charge is 0.430 e. The van der Waals surface area contributed by atoms with Gasteiger partial charge in [-0.05, 0) is 43.7 Å². The van der Waals surface area contributed by atoms with Crippen molar-refractivity contribution in [2.75, 3.05) is 13.2 Å². The number of hydrogen-bond donors (Lipinski definition) is 0. The predicted molar refractivity (Wildman–Crippen MR) is 121 cm³/mol. The van der Waals surface area contributed by atoms with Crippen molar-refractivity contribution in [2.24, 2.45) is 0 Å². The molecule has 2 aromatic rings. The van der Waals surface area contributed by atoms with Crippen molar-refractivity contribution in [3.05, 3.63) is 59.2 Å². The standard InChI is InChI=1S/C26H28F7NO4/c1-2-3-15-4-7-21(34-12-15)16-5-8-22(35-13-16)25(30,31)37-17-6-9-23(36-14-17)26(32,33)38-18-10-19(27)24(29)20(28)11-18/h4,7,10-12,16-17,22-23H,2-3,5-6,8-9,13-14H2,1H3. The fourth-order valence-electron chi connectivity index (χ4n) is 4.56. The zero-order valence-corrected chi connectivity index (χ0v) is 20.6. The molecule has 3 heterocycles. The third-order valence-electron chi connectivity index (χ3n) is 6.60. The van der Waals surface area contributed by atoms with E-state index in [2.05, 4.69) is 16.6 Å². The van der Waals surface area contributed by atoms with Crippen molar-refractivity contribution >= 4 is 0 Å². The zero-order valence-electron chi connectivity index (χ0n) is 20.6. The van der Waals surface area contributed by atoms with Crippen LogP contribution in [0.1, 0.15) is 56.2 Å². The van der Waals surface area contributed by atoms with Crippen LogP contribution in [-0.2, 0) is 20.6 Å². The lowest BCUT2D eigenvalue weighted by Gasteiger charge is -2.37. The number of halogens is 7. The number of nitrogens with zero attached hydrogens (tertiary/aromatic N) is 1. The quantitative estimate of drug-likeness (QED) is 0.262. The van der Waals surface area contributed by atoms with Crippen LogP contribution in [0.15, 0.2) is 30.5 Å². The number of pyridine rings is 1. The Morgan fingerprint density at radius 2 is 1.55 bits per heavy atom. The predicted octanol–water partition coefficient (Wildman–Crippen LogP) is 6.54. The highest BCUT2D eigenvalue weighted by Crippen LogP contribution is 2.38. The molecule has 0 aliphatic carbocycles. The van der Waals surface area contributed by atoms with E-state index < -0.39 is 66.8 Å². The van der Waals surface area contributed by atoms with Crippen LogP contribution in [0, 0.1) is 17.5 Å². The molecule has 0 saturated carbocycles. The fraction of sp³-hybridized carbons (Fsp3) is 0.577. The number of aromatic nitrogens is 1. The first-order valence-corrected chi connectivity index (χ1v) is 12.4.